The minimum atomic E-state index is -0.488. The van der Waals surface area contributed by atoms with Crippen LogP contribution in [0.1, 0.15) is 45.5 Å². The molecule has 0 radical (unpaired) electrons. The Labute approximate surface area is 140 Å². The summed E-state index contributed by atoms with van der Waals surface area (Å²) in [4.78, 5) is 11.8. The average Bonchev–Trinajstić information content (AvgIpc) is 2.64. The highest BCUT2D eigenvalue weighted by molar-refractivity contribution is 9.10. The van der Waals surface area contributed by atoms with E-state index >= 15 is 0 Å². The van der Waals surface area contributed by atoms with Crippen LogP contribution in [0.25, 0.3) is 0 Å². The Kier molecular flexibility index (Phi) is 5.04. The second kappa shape index (κ2) is 6.34. The molecule has 1 aliphatic heterocycles. The molecule has 0 amide bonds. The third-order valence-electron chi connectivity index (χ3n) is 4.49. The second-order valence-electron chi connectivity index (χ2n) is 6.57. The molecule has 1 aromatic rings. The number of esters is 1. The first-order valence-electron chi connectivity index (χ1n) is 7.34. The van der Waals surface area contributed by atoms with E-state index in [0.717, 1.165) is 10.0 Å². The SMILES string of the molecule is COC(=O)CC(B1OC(C)(C)C(C)(C)O1)c1cccc(Br)c1. The Morgan fingerprint density at radius 3 is 2.36 bits per heavy atom. The first-order valence-corrected chi connectivity index (χ1v) is 8.13. The van der Waals surface area contributed by atoms with Crippen LogP contribution in [0.2, 0.25) is 0 Å². The van der Waals surface area contributed by atoms with Crippen LogP contribution in [0.4, 0.5) is 0 Å². The summed E-state index contributed by atoms with van der Waals surface area (Å²) in [7, 11) is 0.906. The second-order valence-corrected chi connectivity index (χ2v) is 7.48. The van der Waals surface area contributed by atoms with Gasteiger partial charge in [-0.1, -0.05) is 28.1 Å². The maximum absolute atomic E-state index is 11.8. The van der Waals surface area contributed by atoms with Crippen LogP contribution in [0, 0.1) is 0 Å². The number of ether oxygens (including phenoxy) is 1. The van der Waals surface area contributed by atoms with Crippen molar-refractivity contribution in [1.82, 2.24) is 0 Å². The van der Waals surface area contributed by atoms with Gasteiger partial charge in [-0.25, -0.2) is 0 Å². The quantitative estimate of drug-likeness (QED) is 0.600. The minimum Gasteiger partial charge on any atom is -0.469 e. The van der Waals surface area contributed by atoms with Crippen molar-refractivity contribution in [3.63, 3.8) is 0 Å². The molecule has 0 aliphatic carbocycles. The Balaban J connectivity index is 2.32. The summed E-state index contributed by atoms with van der Waals surface area (Å²) in [5.41, 5.74) is 0.120. The maximum Gasteiger partial charge on any atom is 0.466 e. The molecule has 6 heteroatoms. The van der Waals surface area contributed by atoms with Gasteiger partial charge in [0.05, 0.1) is 24.7 Å². The van der Waals surface area contributed by atoms with Crippen molar-refractivity contribution in [2.24, 2.45) is 0 Å². The average molecular weight is 369 g/mol. The minimum absolute atomic E-state index is 0.212. The van der Waals surface area contributed by atoms with Crippen LogP contribution in [0.15, 0.2) is 28.7 Å². The fourth-order valence-corrected chi connectivity index (χ4v) is 2.84. The molecule has 1 unspecified atom stereocenters. The third kappa shape index (κ3) is 3.55. The molecule has 0 N–H and O–H groups in total. The summed E-state index contributed by atoms with van der Waals surface area (Å²) in [6.07, 6.45) is 0.212. The van der Waals surface area contributed by atoms with Gasteiger partial charge >= 0.3 is 13.1 Å². The lowest BCUT2D eigenvalue weighted by atomic mass is 9.66. The highest BCUT2D eigenvalue weighted by Gasteiger charge is 2.54. The summed E-state index contributed by atoms with van der Waals surface area (Å²) in [6, 6.07) is 7.85. The molecular weight excluding hydrogens is 347 g/mol. The van der Waals surface area contributed by atoms with Gasteiger partial charge in [0.1, 0.15) is 0 Å². The lowest BCUT2D eigenvalue weighted by Gasteiger charge is -2.32. The van der Waals surface area contributed by atoms with Gasteiger partial charge in [0, 0.05) is 10.3 Å². The number of rotatable bonds is 4. The topological polar surface area (TPSA) is 44.8 Å². The van der Waals surface area contributed by atoms with Crippen LogP contribution in [0.3, 0.4) is 0 Å². The highest BCUT2D eigenvalue weighted by atomic mass is 79.9. The zero-order chi connectivity index (χ0) is 16.5. The number of carbonyl (C=O) groups excluding carboxylic acids is 1. The van der Waals surface area contributed by atoms with E-state index in [9.17, 15) is 4.79 Å². The number of halogens is 1. The van der Waals surface area contributed by atoms with E-state index in [2.05, 4.69) is 15.9 Å². The van der Waals surface area contributed by atoms with Crippen molar-refractivity contribution < 1.29 is 18.8 Å². The number of hydrogen-bond acceptors (Lipinski definition) is 4. The van der Waals surface area contributed by atoms with Crippen LogP contribution in [-0.2, 0) is 18.8 Å². The molecule has 1 heterocycles. The molecular formula is C16H22BBrO4. The van der Waals surface area contributed by atoms with Gasteiger partial charge < -0.3 is 14.0 Å². The standard InChI is InChI=1S/C16H22BBrO4/c1-15(2)16(3,4)22-17(21-15)13(10-14(19)20-5)11-7-6-8-12(18)9-11/h6-9,13H,10H2,1-5H3. The Hall–Kier alpha value is -0.845. The normalized spacial score (nSPS) is 20.7. The molecule has 22 heavy (non-hydrogen) atoms. The summed E-state index contributed by atoms with van der Waals surface area (Å²) in [5.74, 6) is -0.495. The van der Waals surface area contributed by atoms with Crippen molar-refractivity contribution in [2.45, 2.75) is 51.1 Å². The lowest BCUT2D eigenvalue weighted by molar-refractivity contribution is -0.140. The molecule has 1 aliphatic rings. The van der Waals surface area contributed by atoms with Gasteiger partial charge in [0.2, 0.25) is 0 Å². The van der Waals surface area contributed by atoms with Crippen molar-refractivity contribution >= 4 is 29.0 Å². The van der Waals surface area contributed by atoms with Crippen molar-refractivity contribution in [2.75, 3.05) is 7.11 Å². The number of methoxy groups -OCH3 is 1. The van der Waals surface area contributed by atoms with Crippen LogP contribution < -0.4 is 0 Å². The fourth-order valence-electron chi connectivity index (χ4n) is 2.42. The predicted octanol–water partition coefficient (Wildman–Crippen LogP) is 3.73. The van der Waals surface area contributed by atoms with Gasteiger partial charge in [-0.2, -0.15) is 0 Å². The van der Waals surface area contributed by atoms with E-state index in [0.29, 0.717) is 0 Å². The Bertz CT molecular complexity index is 543. The van der Waals surface area contributed by atoms with Crippen LogP contribution in [0.5, 0.6) is 0 Å². The molecule has 4 nitrogen and oxygen atoms in total. The first-order chi connectivity index (χ1) is 10.2. The fraction of sp³-hybridized carbons (Fsp3) is 0.562. The largest absolute Gasteiger partial charge is 0.469 e. The van der Waals surface area contributed by atoms with Crippen molar-refractivity contribution in [3.05, 3.63) is 34.3 Å². The van der Waals surface area contributed by atoms with Gasteiger partial charge in [0.25, 0.3) is 0 Å². The molecule has 2 rings (SSSR count). The molecule has 0 aromatic heterocycles. The zero-order valence-electron chi connectivity index (χ0n) is 13.7. The molecule has 1 saturated heterocycles. The highest BCUT2D eigenvalue weighted by Crippen LogP contribution is 2.42. The smallest absolute Gasteiger partial charge is 0.466 e. The maximum atomic E-state index is 11.8. The predicted molar refractivity (Wildman–Crippen MR) is 89.6 cm³/mol. The van der Waals surface area contributed by atoms with Gasteiger partial charge in [-0.05, 0) is 45.4 Å². The van der Waals surface area contributed by atoms with E-state index in [-0.39, 0.29) is 18.2 Å². The summed E-state index contributed by atoms with van der Waals surface area (Å²) in [6.45, 7) is 8.01. The summed E-state index contributed by atoms with van der Waals surface area (Å²) < 4.78 is 18.0. The van der Waals surface area contributed by atoms with E-state index in [1.165, 1.54) is 7.11 Å². The molecule has 1 fully saturated rings. The molecule has 0 saturated carbocycles. The van der Waals surface area contributed by atoms with Gasteiger partial charge in [-0.15, -0.1) is 0 Å². The van der Waals surface area contributed by atoms with Crippen LogP contribution in [-0.4, -0.2) is 31.4 Å². The number of carbonyl (C=O) groups is 1. The lowest BCUT2D eigenvalue weighted by Crippen LogP contribution is -2.41. The third-order valence-corrected chi connectivity index (χ3v) is 4.98. The Morgan fingerprint density at radius 1 is 1.27 bits per heavy atom. The van der Waals surface area contributed by atoms with Crippen molar-refractivity contribution in [3.8, 4) is 0 Å². The molecule has 0 bridgehead atoms. The van der Waals surface area contributed by atoms with Gasteiger partial charge in [-0.3, -0.25) is 4.79 Å². The van der Waals surface area contributed by atoms with Crippen molar-refractivity contribution in [1.29, 1.82) is 0 Å². The number of benzene rings is 1. The van der Waals surface area contributed by atoms with Crippen LogP contribution >= 0.6 is 15.9 Å². The van der Waals surface area contributed by atoms with E-state index < -0.39 is 18.3 Å². The zero-order valence-corrected chi connectivity index (χ0v) is 15.3. The Morgan fingerprint density at radius 2 is 1.86 bits per heavy atom. The van der Waals surface area contributed by atoms with E-state index in [1.807, 2.05) is 52.0 Å². The molecule has 0 spiro atoms. The monoisotopic (exact) mass is 368 g/mol. The summed E-state index contributed by atoms with van der Waals surface area (Å²) in [5, 5.41) is 0. The first kappa shape index (κ1) is 17.5. The van der Waals surface area contributed by atoms with E-state index in [1.54, 1.807) is 0 Å². The number of hydrogen-bond donors (Lipinski definition) is 0. The summed E-state index contributed by atoms with van der Waals surface area (Å²) >= 11 is 3.47. The molecule has 120 valence electrons. The molecule has 1 atom stereocenters. The van der Waals surface area contributed by atoms with E-state index in [4.69, 9.17) is 14.0 Å². The molecule has 1 aromatic carbocycles. The van der Waals surface area contributed by atoms with Gasteiger partial charge in [0.15, 0.2) is 0 Å².